The maximum Gasteiger partial charge on any atom is 0.307 e. The number of hydrogen-bond acceptors (Lipinski definition) is 2. The Balaban J connectivity index is 3.60. The predicted octanol–water partition coefficient (Wildman–Crippen LogP) is 1.10. The number of nitrogens with one attached hydrogen (secondary N) is 1. The van der Waals surface area contributed by atoms with E-state index in [0.29, 0.717) is 6.54 Å². The Labute approximate surface area is 67.8 Å². The van der Waals surface area contributed by atoms with Crippen LogP contribution in [0.5, 0.6) is 0 Å². The standard InChI is InChI=1S/C8H17NO2/c1-3-4-5-7(6-9-2)8(10)11/h7,9H,3-6H2,1-2H3,(H,10,11). The topological polar surface area (TPSA) is 49.3 Å². The van der Waals surface area contributed by atoms with Gasteiger partial charge in [0.15, 0.2) is 0 Å². The third-order valence-electron chi connectivity index (χ3n) is 1.71. The van der Waals surface area contributed by atoms with Gasteiger partial charge in [0.05, 0.1) is 5.92 Å². The fourth-order valence-electron chi connectivity index (χ4n) is 1.01. The van der Waals surface area contributed by atoms with E-state index in [4.69, 9.17) is 5.11 Å². The van der Waals surface area contributed by atoms with Crippen molar-refractivity contribution in [1.82, 2.24) is 5.32 Å². The summed E-state index contributed by atoms with van der Waals surface area (Å²) >= 11 is 0. The largest absolute Gasteiger partial charge is 0.481 e. The molecule has 2 N–H and O–H groups in total. The average molecular weight is 159 g/mol. The molecule has 0 saturated carbocycles. The van der Waals surface area contributed by atoms with Crippen LogP contribution in [0.3, 0.4) is 0 Å². The van der Waals surface area contributed by atoms with Gasteiger partial charge in [-0.05, 0) is 13.5 Å². The molecule has 0 saturated heterocycles. The second kappa shape index (κ2) is 6.16. The van der Waals surface area contributed by atoms with Gasteiger partial charge in [0.2, 0.25) is 0 Å². The van der Waals surface area contributed by atoms with Gasteiger partial charge in [-0.2, -0.15) is 0 Å². The predicted molar refractivity (Wildman–Crippen MR) is 44.6 cm³/mol. The molecule has 0 aromatic carbocycles. The first-order chi connectivity index (χ1) is 5.22. The molecule has 0 aliphatic heterocycles. The van der Waals surface area contributed by atoms with E-state index in [1.54, 1.807) is 7.05 Å². The molecule has 1 atom stereocenters. The van der Waals surface area contributed by atoms with E-state index in [9.17, 15) is 4.79 Å². The first-order valence-electron chi connectivity index (χ1n) is 4.09. The van der Waals surface area contributed by atoms with Crippen molar-refractivity contribution in [3.63, 3.8) is 0 Å². The summed E-state index contributed by atoms with van der Waals surface area (Å²) in [6.07, 6.45) is 2.85. The smallest absolute Gasteiger partial charge is 0.307 e. The number of carbonyl (C=O) groups is 1. The lowest BCUT2D eigenvalue weighted by Gasteiger charge is -2.09. The zero-order chi connectivity index (χ0) is 8.69. The van der Waals surface area contributed by atoms with Crippen molar-refractivity contribution in [3.8, 4) is 0 Å². The van der Waals surface area contributed by atoms with E-state index in [1.165, 1.54) is 0 Å². The number of hydrogen-bond donors (Lipinski definition) is 2. The highest BCUT2D eigenvalue weighted by Gasteiger charge is 2.14. The molecular formula is C8H17NO2. The van der Waals surface area contributed by atoms with E-state index >= 15 is 0 Å². The summed E-state index contributed by atoms with van der Waals surface area (Å²) < 4.78 is 0. The zero-order valence-electron chi connectivity index (χ0n) is 7.26. The first kappa shape index (κ1) is 10.4. The minimum atomic E-state index is -0.687. The highest BCUT2D eigenvalue weighted by Crippen LogP contribution is 2.07. The van der Waals surface area contributed by atoms with Crippen LogP contribution in [0.2, 0.25) is 0 Å². The summed E-state index contributed by atoms with van der Waals surface area (Å²) in [6.45, 7) is 2.65. The number of rotatable bonds is 6. The summed E-state index contributed by atoms with van der Waals surface area (Å²) in [5, 5.41) is 11.6. The Morgan fingerprint density at radius 1 is 1.64 bits per heavy atom. The van der Waals surface area contributed by atoms with E-state index in [0.717, 1.165) is 19.3 Å². The Morgan fingerprint density at radius 3 is 2.64 bits per heavy atom. The van der Waals surface area contributed by atoms with Gasteiger partial charge in [-0.15, -0.1) is 0 Å². The van der Waals surface area contributed by atoms with Crippen molar-refractivity contribution in [2.75, 3.05) is 13.6 Å². The zero-order valence-corrected chi connectivity index (χ0v) is 7.26. The van der Waals surface area contributed by atoms with Crippen molar-refractivity contribution in [2.45, 2.75) is 26.2 Å². The monoisotopic (exact) mass is 159 g/mol. The van der Waals surface area contributed by atoms with Crippen LogP contribution in [0.15, 0.2) is 0 Å². The van der Waals surface area contributed by atoms with E-state index in [-0.39, 0.29) is 5.92 Å². The van der Waals surface area contributed by atoms with Crippen molar-refractivity contribution < 1.29 is 9.90 Å². The molecule has 1 unspecified atom stereocenters. The molecule has 0 fully saturated rings. The van der Waals surface area contributed by atoms with Crippen molar-refractivity contribution in [1.29, 1.82) is 0 Å². The number of unbranched alkanes of at least 4 members (excludes halogenated alkanes) is 1. The molecule has 66 valence electrons. The van der Waals surface area contributed by atoms with Gasteiger partial charge < -0.3 is 10.4 Å². The molecule has 0 radical (unpaired) electrons. The van der Waals surface area contributed by atoms with E-state index in [2.05, 4.69) is 12.2 Å². The van der Waals surface area contributed by atoms with E-state index < -0.39 is 5.97 Å². The Morgan fingerprint density at radius 2 is 2.27 bits per heavy atom. The molecule has 0 amide bonds. The normalized spacial score (nSPS) is 12.9. The lowest BCUT2D eigenvalue weighted by molar-refractivity contribution is -0.141. The second-order valence-electron chi connectivity index (χ2n) is 2.74. The summed E-state index contributed by atoms with van der Waals surface area (Å²) in [7, 11) is 1.78. The lowest BCUT2D eigenvalue weighted by Crippen LogP contribution is -2.25. The summed E-state index contributed by atoms with van der Waals surface area (Å²) in [5.41, 5.74) is 0. The van der Waals surface area contributed by atoms with Gasteiger partial charge in [0, 0.05) is 6.54 Å². The highest BCUT2D eigenvalue weighted by atomic mass is 16.4. The number of carboxylic acid groups (broad SMARTS) is 1. The fraction of sp³-hybridized carbons (Fsp3) is 0.875. The SMILES string of the molecule is CCCCC(CNC)C(=O)O. The fourth-order valence-corrected chi connectivity index (χ4v) is 1.01. The van der Waals surface area contributed by atoms with Crippen LogP contribution in [0.25, 0.3) is 0 Å². The van der Waals surface area contributed by atoms with Crippen molar-refractivity contribution in [3.05, 3.63) is 0 Å². The average Bonchev–Trinajstić information content (AvgIpc) is 1.97. The molecule has 3 nitrogen and oxygen atoms in total. The molecule has 3 heteroatoms. The molecule has 0 aromatic rings. The summed E-state index contributed by atoms with van der Waals surface area (Å²) in [6, 6.07) is 0. The minimum absolute atomic E-state index is 0.208. The van der Waals surface area contributed by atoms with E-state index in [1.807, 2.05) is 0 Å². The van der Waals surface area contributed by atoms with Crippen molar-refractivity contribution >= 4 is 5.97 Å². The van der Waals surface area contributed by atoms with Crippen LogP contribution < -0.4 is 5.32 Å². The Bertz CT molecular complexity index is 115. The summed E-state index contributed by atoms with van der Waals surface area (Å²) in [5.74, 6) is -0.896. The van der Waals surface area contributed by atoms with Crippen molar-refractivity contribution in [2.24, 2.45) is 5.92 Å². The second-order valence-corrected chi connectivity index (χ2v) is 2.74. The van der Waals surface area contributed by atoms with Gasteiger partial charge in [0.25, 0.3) is 0 Å². The maximum atomic E-state index is 10.6. The van der Waals surface area contributed by atoms with Gasteiger partial charge in [-0.1, -0.05) is 19.8 Å². The highest BCUT2D eigenvalue weighted by molar-refractivity contribution is 5.70. The number of carboxylic acids is 1. The third-order valence-corrected chi connectivity index (χ3v) is 1.71. The van der Waals surface area contributed by atoms with Crippen LogP contribution in [-0.4, -0.2) is 24.7 Å². The molecule has 11 heavy (non-hydrogen) atoms. The molecule has 0 rings (SSSR count). The van der Waals surface area contributed by atoms with Crippen LogP contribution in [0.4, 0.5) is 0 Å². The van der Waals surface area contributed by atoms with Gasteiger partial charge in [0.1, 0.15) is 0 Å². The summed E-state index contributed by atoms with van der Waals surface area (Å²) in [4.78, 5) is 10.6. The molecule has 0 heterocycles. The number of aliphatic carboxylic acids is 1. The maximum absolute atomic E-state index is 10.6. The van der Waals surface area contributed by atoms with Gasteiger partial charge >= 0.3 is 5.97 Å². The molecule has 0 aromatic heterocycles. The molecule has 0 aliphatic carbocycles. The van der Waals surface area contributed by atoms with Gasteiger partial charge in [-0.3, -0.25) is 4.79 Å². The first-order valence-corrected chi connectivity index (χ1v) is 4.09. The van der Waals surface area contributed by atoms with Gasteiger partial charge in [-0.25, -0.2) is 0 Å². The van der Waals surface area contributed by atoms with Crippen LogP contribution in [0.1, 0.15) is 26.2 Å². The van der Waals surface area contributed by atoms with Crippen LogP contribution in [-0.2, 0) is 4.79 Å². The quantitative estimate of drug-likeness (QED) is 0.610. The van der Waals surface area contributed by atoms with Crippen LogP contribution in [0, 0.1) is 5.92 Å². The Kier molecular flexibility index (Phi) is 5.84. The Hall–Kier alpha value is -0.570. The molecule has 0 bridgehead atoms. The minimum Gasteiger partial charge on any atom is -0.481 e. The molecule has 0 spiro atoms. The van der Waals surface area contributed by atoms with Crippen LogP contribution >= 0.6 is 0 Å². The third kappa shape index (κ3) is 4.79. The molecular weight excluding hydrogens is 142 g/mol. The lowest BCUT2D eigenvalue weighted by atomic mass is 10.0. The molecule has 0 aliphatic rings.